The first-order valence-corrected chi connectivity index (χ1v) is 9.06. The van der Waals surface area contributed by atoms with E-state index in [1.165, 1.54) is 37.5 Å². The van der Waals surface area contributed by atoms with Crippen LogP contribution in [0, 0.1) is 11.3 Å². The Balaban J connectivity index is 1.91. The summed E-state index contributed by atoms with van der Waals surface area (Å²) in [6.45, 7) is 2.49. The minimum Gasteiger partial charge on any atom is -0.465 e. The fourth-order valence-electron chi connectivity index (χ4n) is 3.02. The van der Waals surface area contributed by atoms with Crippen LogP contribution in [0.15, 0.2) is 24.3 Å². The van der Waals surface area contributed by atoms with Crippen LogP contribution < -0.4 is 5.32 Å². The van der Waals surface area contributed by atoms with Gasteiger partial charge >= 0.3 is 5.97 Å². The molecule has 1 N–H and O–H groups in total. The lowest BCUT2D eigenvalue weighted by Crippen LogP contribution is -2.33. The minimum absolute atomic E-state index is 0.0230. The summed E-state index contributed by atoms with van der Waals surface area (Å²) >= 11 is 1.29. The van der Waals surface area contributed by atoms with Crippen molar-refractivity contribution in [3.63, 3.8) is 0 Å². The molecule has 1 aliphatic rings. The van der Waals surface area contributed by atoms with E-state index in [0.717, 1.165) is 10.4 Å². The maximum absolute atomic E-state index is 12.7. The number of hydrogen-bond acceptors (Lipinski definition) is 6. The summed E-state index contributed by atoms with van der Waals surface area (Å²) in [5, 5.41) is 12.7. The molecule has 138 valence electrons. The van der Waals surface area contributed by atoms with Crippen molar-refractivity contribution in [3.05, 3.63) is 51.4 Å². The van der Waals surface area contributed by atoms with Crippen LogP contribution >= 0.6 is 11.3 Å². The number of carbonyl (C=O) groups excluding carboxylic acids is 3. The number of nitrogens with one attached hydrogen (secondary N) is 1. The van der Waals surface area contributed by atoms with E-state index in [1.807, 2.05) is 0 Å². The van der Waals surface area contributed by atoms with Gasteiger partial charge in [0, 0.05) is 18.3 Å². The average molecular weight is 383 g/mol. The molecule has 1 aromatic heterocycles. The molecule has 0 saturated carbocycles. The van der Waals surface area contributed by atoms with E-state index in [1.54, 1.807) is 17.0 Å². The van der Waals surface area contributed by atoms with Crippen molar-refractivity contribution in [1.29, 1.82) is 5.26 Å². The zero-order valence-corrected chi connectivity index (χ0v) is 15.7. The summed E-state index contributed by atoms with van der Waals surface area (Å²) in [6.07, 6.45) is 0.572. The number of nitriles is 1. The lowest BCUT2D eigenvalue weighted by Gasteiger charge is -2.25. The van der Waals surface area contributed by atoms with E-state index in [2.05, 4.69) is 11.4 Å². The molecule has 3 rings (SSSR count). The van der Waals surface area contributed by atoms with E-state index < -0.39 is 11.9 Å². The summed E-state index contributed by atoms with van der Waals surface area (Å²) in [5.74, 6) is -1.12. The SMILES string of the molecule is COC(=O)c1ccccc1C(=O)Nc1sc2c(c1C#N)CCN(C(C)=O)C2. The molecule has 8 heteroatoms. The highest BCUT2D eigenvalue weighted by molar-refractivity contribution is 7.16. The second kappa shape index (κ2) is 7.60. The van der Waals surface area contributed by atoms with Gasteiger partial charge in [0.2, 0.25) is 5.91 Å². The molecule has 0 saturated heterocycles. The third-order valence-corrected chi connectivity index (χ3v) is 5.55. The number of thiophene rings is 1. The molecule has 1 aliphatic heterocycles. The zero-order valence-electron chi connectivity index (χ0n) is 14.9. The Morgan fingerprint density at radius 1 is 1.26 bits per heavy atom. The number of hydrogen-bond donors (Lipinski definition) is 1. The average Bonchev–Trinajstić information content (AvgIpc) is 3.03. The standard InChI is InChI=1S/C19H17N3O4S/c1-11(23)22-8-7-12-15(9-20)18(27-16(12)10-22)21-17(24)13-5-3-4-6-14(13)19(25)26-2/h3-6H,7-8,10H2,1-2H3,(H,21,24). The predicted octanol–water partition coefficient (Wildman–Crippen LogP) is 2.56. The van der Waals surface area contributed by atoms with Gasteiger partial charge in [-0.05, 0) is 24.1 Å². The van der Waals surface area contributed by atoms with Crippen molar-refractivity contribution in [2.75, 3.05) is 19.0 Å². The fraction of sp³-hybridized carbons (Fsp3) is 0.263. The molecule has 7 nitrogen and oxygen atoms in total. The second-order valence-electron chi connectivity index (χ2n) is 6.00. The van der Waals surface area contributed by atoms with Crippen LogP contribution in [0.5, 0.6) is 0 Å². The lowest BCUT2D eigenvalue weighted by atomic mass is 10.0. The van der Waals surface area contributed by atoms with Gasteiger partial charge in [0.25, 0.3) is 5.91 Å². The van der Waals surface area contributed by atoms with Crippen LogP contribution in [-0.2, 0) is 22.5 Å². The Bertz CT molecular complexity index is 974. The smallest absolute Gasteiger partial charge is 0.338 e. The molecular weight excluding hydrogens is 366 g/mol. The highest BCUT2D eigenvalue weighted by Crippen LogP contribution is 2.37. The van der Waals surface area contributed by atoms with Crippen LogP contribution in [0.3, 0.4) is 0 Å². The van der Waals surface area contributed by atoms with Crippen molar-refractivity contribution in [3.8, 4) is 6.07 Å². The number of nitrogens with zero attached hydrogens (tertiary/aromatic N) is 2. The topological polar surface area (TPSA) is 99.5 Å². The maximum Gasteiger partial charge on any atom is 0.338 e. The number of methoxy groups -OCH3 is 1. The molecule has 0 aliphatic carbocycles. The minimum atomic E-state index is -0.608. The van der Waals surface area contributed by atoms with Crippen molar-refractivity contribution >= 4 is 34.1 Å². The largest absolute Gasteiger partial charge is 0.465 e. The first kappa shape index (κ1) is 18.6. The van der Waals surface area contributed by atoms with Gasteiger partial charge in [0.1, 0.15) is 11.1 Å². The predicted molar refractivity (Wildman–Crippen MR) is 99.6 cm³/mol. The number of esters is 1. The molecule has 27 heavy (non-hydrogen) atoms. The molecule has 2 amide bonds. The fourth-order valence-corrected chi connectivity index (χ4v) is 4.23. The molecular formula is C19H17N3O4S. The maximum atomic E-state index is 12.7. The van der Waals surface area contributed by atoms with Gasteiger partial charge in [-0.2, -0.15) is 5.26 Å². The van der Waals surface area contributed by atoms with Crippen LogP contribution in [0.2, 0.25) is 0 Å². The van der Waals surface area contributed by atoms with E-state index in [9.17, 15) is 19.6 Å². The van der Waals surface area contributed by atoms with Gasteiger partial charge in [-0.25, -0.2) is 4.79 Å². The van der Waals surface area contributed by atoms with Gasteiger partial charge in [0.05, 0.1) is 30.3 Å². The van der Waals surface area contributed by atoms with Crippen LogP contribution in [-0.4, -0.2) is 36.3 Å². The molecule has 2 aromatic rings. The van der Waals surface area contributed by atoms with Crippen molar-refractivity contribution in [2.45, 2.75) is 19.9 Å². The van der Waals surface area contributed by atoms with Gasteiger partial charge < -0.3 is 15.0 Å². The summed E-state index contributed by atoms with van der Waals surface area (Å²) in [7, 11) is 1.25. The van der Waals surface area contributed by atoms with Crippen molar-refractivity contribution in [1.82, 2.24) is 4.90 Å². The summed E-state index contributed by atoms with van der Waals surface area (Å²) < 4.78 is 4.72. The van der Waals surface area contributed by atoms with Crippen LogP contribution in [0.1, 0.15) is 43.6 Å². The molecule has 0 spiro atoms. The zero-order chi connectivity index (χ0) is 19.6. The lowest BCUT2D eigenvalue weighted by molar-refractivity contribution is -0.129. The Morgan fingerprint density at radius 2 is 1.96 bits per heavy atom. The normalized spacial score (nSPS) is 12.7. The molecule has 2 heterocycles. The van der Waals surface area contributed by atoms with E-state index in [4.69, 9.17) is 4.74 Å². The number of rotatable bonds is 3. The molecule has 0 fully saturated rings. The molecule has 0 bridgehead atoms. The van der Waals surface area contributed by atoms with Gasteiger partial charge in [0.15, 0.2) is 0 Å². The Kier molecular flexibility index (Phi) is 5.23. The van der Waals surface area contributed by atoms with Crippen molar-refractivity contribution in [2.24, 2.45) is 0 Å². The second-order valence-corrected chi connectivity index (χ2v) is 7.11. The number of benzene rings is 1. The molecule has 0 unspecified atom stereocenters. The highest BCUT2D eigenvalue weighted by Gasteiger charge is 2.27. The van der Waals surface area contributed by atoms with E-state index >= 15 is 0 Å². The number of ether oxygens (including phenoxy) is 1. The quantitative estimate of drug-likeness (QED) is 0.821. The third-order valence-electron chi connectivity index (χ3n) is 4.42. The summed E-state index contributed by atoms with van der Waals surface area (Å²) in [5.41, 5.74) is 1.61. The number of anilines is 1. The Morgan fingerprint density at radius 3 is 2.59 bits per heavy atom. The summed E-state index contributed by atoms with van der Waals surface area (Å²) in [4.78, 5) is 38.8. The number of amides is 2. The number of fused-ring (bicyclic) bond motifs is 1. The van der Waals surface area contributed by atoms with Gasteiger partial charge in [-0.3, -0.25) is 9.59 Å². The van der Waals surface area contributed by atoms with Gasteiger partial charge in [-0.15, -0.1) is 11.3 Å². The van der Waals surface area contributed by atoms with E-state index in [0.29, 0.717) is 30.1 Å². The summed E-state index contributed by atoms with van der Waals surface area (Å²) in [6, 6.07) is 8.48. The third kappa shape index (κ3) is 3.55. The Hall–Kier alpha value is -3.18. The highest BCUT2D eigenvalue weighted by atomic mass is 32.1. The molecule has 0 radical (unpaired) electrons. The molecule has 1 aromatic carbocycles. The van der Waals surface area contributed by atoms with E-state index in [-0.39, 0.29) is 17.0 Å². The van der Waals surface area contributed by atoms with Gasteiger partial charge in [-0.1, -0.05) is 12.1 Å². The van der Waals surface area contributed by atoms with Crippen molar-refractivity contribution < 1.29 is 19.1 Å². The molecule has 0 atom stereocenters. The van der Waals surface area contributed by atoms with Crippen LogP contribution in [0.4, 0.5) is 5.00 Å². The monoisotopic (exact) mass is 383 g/mol. The first-order valence-electron chi connectivity index (χ1n) is 8.25. The number of carbonyl (C=O) groups is 3. The first-order chi connectivity index (χ1) is 13.0. The van der Waals surface area contributed by atoms with Crippen LogP contribution in [0.25, 0.3) is 0 Å². The Labute approximate surface area is 160 Å².